The van der Waals surface area contributed by atoms with E-state index >= 15 is 0 Å². The van der Waals surface area contributed by atoms with E-state index in [1.54, 1.807) is 0 Å². The van der Waals surface area contributed by atoms with Crippen LogP contribution in [0.3, 0.4) is 0 Å². The van der Waals surface area contributed by atoms with Gasteiger partial charge < -0.3 is 9.64 Å². The number of non-ortho nitro benzene ring substituents is 1. The van der Waals surface area contributed by atoms with Crippen LogP contribution in [0.25, 0.3) is 0 Å². The van der Waals surface area contributed by atoms with E-state index in [0.717, 1.165) is 37.1 Å². The van der Waals surface area contributed by atoms with Gasteiger partial charge >= 0.3 is 6.09 Å². The first-order valence-corrected chi connectivity index (χ1v) is 10.2. The Kier molecular flexibility index (Phi) is 4.87. The number of nitro benzene ring substituents is 1. The molecular weight excluding hydrogens is 443 g/mol. The fourth-order valence-corrected chi connectivity index (χ4v) is 4.03. The quantitative estimate of drug-likeness (QED) is 0.508. The van der Waals surface area contributed by atoms with Crippen molar-refractivity contribution in [3.8, 4) is 0 Å². The molecular formula is C21H18F3N5O4. The Labute approximate surface area is 185 Å². The minimum absolute atomic E-state index is 0.0107. The second kappa shape index (κ2) is 7.64. The molecule has 0 unspecified atom stereocenters. The molecule has 2 aromatic carbocycles. The van der Waals surface area contributed by atoms with Crippen LogP contribution in [0, 0.1) is 27.6 Å². The van der Waals surface area contributed by atoms with E-state index in [4.69, 9.17) is 4.74 Å². The Hall–Kier alpha value is -3.83. The van der Waals surface area contributed by atoms with Crippen molar-refractivity contribution in [3.63, 3.8) is 0 Å². The molecule has 0 aromatic heterocycles. The lowest BCUT2D eigenvalue weighted by Crippen LogP contribution is -2.32. The van der Waals surface area contributed by atoms with Gasteiger partial charge in [0.2, 0.25) is 0 Å². The summed E-state index contributed by atoms with van der Waals surface area (Å²) in [5.74, 6) is -2.53. The van der Waals surface area contributed by atoms with Gasteiger partial charge in [-0.25, -0.2) is 18.0 Å². The van der Waals surface area contributed by atoms with Gasteiger partial charge in [0, 0.05) is 31.0 Å². The molecule has 1 spiro atoms. The number of hydrazone groups is 1. The van der Waals surface area contributed by atoms with Gasteiger partial charge in [0.05, 0.1) is 42.0 Å². The first kappa shape index (κ1) is 21.0. The fourth-order valence-electron chi connectivity index (χ4n) is 4.03. The van der Waals surface area contributed by atoms with Gasteiger partial charge in [0.25, 0.3) is 5.69 Å². The predicted molar refractivity (Wildman–Crippen MR) is 113 cm³/mol. The van der Waals surface area contributed by atoms with E-state index in [0.29, 0.717) is 0 Å². The summed E-state index contributed by atoms with van der Waals surface area (Å²) in [7, 11) is 0. The van der Waals surface area contributed by atoms with Crippen LogP contribution in [-0.2, 0) is 4.74 Å². The zero-order valence-electron chi connectivity index (χ0n) is 17.2. The SMILES string of the molecule is O=C1OC2(CC2)CN1c1cc(F)c(N2CC=NN(c3ccc([N+](=O)[O-])cc3F)CC2)c(F)c1. The van der Waals surface area contributed by atoms with Crippen molar-refractivity contribution in [1.82, 2.24) is 0 Å². The topological polar surface area (TPSA) is 91.5 Å². The lowest BCUT2D eigenvalue weighted by Gasteiger charge is -2.25. The number of halogens is 3. The minimum atomic E-state index is -0.849. The number of rotatable bonds is 4. The maximum atomic E-state index is 15.0. The van der Waals surface area contributed by atoms with E-state index in [9.17, 15) is 28.1 Å². The molecule has 172 valence electrons. The zero-order chi connectivity index (χ0) is 23.3. The highest BCUT2D eigenvalue weighted by atomic mass is 19.1. The Morgan fingerprint density at radius 3 is 2.39 bits per heavy atom. The third-order valence-corrected chi connectivity index (χ3v) is 5.93. The summed E-state index contributed by atoms with van der Waals surface area (Å²) in [5, 5.41) is 16.2. The number of hydrogen-bond donors (Lipinski definition) is 0. The number of amides is 1. The standard InChI is InChI=1S/C21H18F3N5O4/c22-15-9-13(29(31)32)1-2-18(15)28-8-7-26(6-5-25-28)19-16(23)10-14(11-17(19)24)27-12-21(3-4-21)33-20(27)30/h1-2,5,9-11H,3-4,6-8,12H2. The lowest BCUT2D eigenvalue weighted by atomic mass is 10.2. The molecule has 2 aromatic rings. The highest BCUT2D eigenvalue weighted by Gasteiger charge is 2.55. The zero-order valence-corrected chi connectivity index (χ0v) is 17.2. The summed E-state index contributed by atoms with van der Waals surface area (Å²) in [6.07, 6.45) is 2.21. The highest BCUT2D eigenvalue weighted by molar-refractivity contribution is 5.91. The van der Waals surface area contributed by atoms with Gasteiger partial charge in [0.1, 0.15) is 11.3 Å². The smallest absolute Gasteiger partial charge is 0.415 e. The summed E-state index contributed by atoms with van der Waals surface area (Å²) >= 11 is 0. The van der Waals surface area contributed by atoms with E-state index in [1.165, 1.54) is 27.1 Å². The first-order valence-electron chi connectivity index (χ1n) is 10.2. The average Bonchev–Trinajstić information content (AvgIpc) is 3.48. The normalized spacial score (nSPS) is 19.1. The average molecular weight is 461 g/mol. The van der Waals surface area contributed by atoms with Crippen molar-refractivity contribution < 1.29 is 27.6 Å². The van der Waals surface area contributed by atoms with Crippen LogP contribution in [0.4, 0.5) is 40.7 Å². The molecule has 5 rings (SSSR count). The van der Waals surface area contributed by atoms with Crippen LogP contribution in [0.1, 0.15) is 12.8 Å². The Bertz CT molecular complexity index is 1160. The van der Waals surface area contributed by atoms with Crippen LogP contribution in [0.2, 0.25) is 0 Å². The molecule has 1 amide bonds. The highest BCUT2D eigenvalue weighted by Crippen LogP contribution is 2.46. The van der Waals surface area contributed by atoms with E-state index in [2.05, 4.69) is 5.10 Å². The number of nitrogens with zero attached hydrogens (tertiary/aromatic N) is 5. The molecule has 1 saturated heterocycles. The first-order chi connectivity index (χ1) is 15.8. The minimum Gasteiger partial charge on any atom is -0.441 e. The molecule has 2 fully saturated rings. The second-order valence-electron chi connectivity index (χ2n) is 8.16. The molecule has 2 aliphatic heterocycles. The van der Waals surface area contributed by atoms with Gasteiger partial charge in [-0.2, -0.15) is 5.10 Å². The van der Waals surface area contributed by atoms with Crippen molar-refractivity contribution in [2.75, 3.05) is 41.0 Å². The molecule has 0 radical (unpaired) electrons. The number of nitro groups is 1. The van der Waals surface area contributed by atoms with Crippen LogP contribution in [0.15, 0.2) is 35.4 Å². The summed E-state index contributed by atoms with van der Waals surface area (Å²) < 4.78 is 49.6. The number of hydrogen-bond acceptors (Lipinski definition) is 7. The second-order valence-corrected chi connectivity index (χ2v) is 8.16. The molecule has 1 aliphatic carbocycles. The largest absolute Gasteiger partial charge is 0.441 e. The molecule has 33 heavy (non-hydrogen) atoms. The Morgan fingerprint density at radius 1 is 1.06 bits per heavy atom. The van der Waals surface area contributed by atoms with E-state index in [-0.39, 0.29) is 43.2 Å². The molecule has 1 saturated carbocycles. The number of anilines is 3. The van der Waals surface area contributed by atoms with Crippen molar-refractivity contribution in [2.45, 2.75) is 18.4 Å². The van der Waals surface area contributed by atoms with Crippen molar-refractivity contribution >= 4 is 35.1 Å². The Balaban J connectivity index is 1.34. The number of ether oxygens (including phenoxy) is 1. The van der Waals surface area contributed by atoms with Crippen LogP contribution in [-0.4, -0.2) is 49.0 Å². The third-order valence-electron chi connectivity index (χ3n) is 5.93. The third kappa shape index (κ3) is 3.81. The van der Waals surface area contributed by atoms with Crippen LogP contribution < -0.4 is 14.8 Å². The van der Waals surface area contributed by atoms with Gasteiger partial charge in [0.15, 0.2) is 17.5 Å². The van der Waals surface area contributed by atoms with Gasteiger partial charge in [-0.05, 0) is 18.9 Å². The summed E-state index contributed by atoms with van der Waals surface area (Å²) in [4.78, 5) is 24.8. The number of carbonyl (C=O) groups excluding carboxylic acids is 1. The maximum absolute atomic E-state index is 15.0. The van der Waals surface area contributed by atoms with Gasteiger partial charge in [-0.15, -0.1) is 0 Å². The Morgan fingerprint density at radius 2 is 1.79 bits per heavy atom. The van der Waals surface area contributed by atoms with Gasteiger partial charge in [-0.3, -0.25) is 20.0 Å². The summed E-state index contributed by atoms with van der Waals surface area (Å²) in [5.41, 5.74) is -1.11. The fraction of sp³-hybridized carbons (Fsp3) is 0.333. The van der Waals surface area contributed by atoms with Crippen LogP contribution in [0.5, 0.6) is 0 Å². The number of benzene rings is 2. The van der Waals surface area contributed by atoms with E-state index in [1.807, 2.05) is 0 Å². The molecule has 2 heterocycles. The van der Waals surface area contributed by atoms with Gasteiger partial charge in [-0.1, -0.05) is 0 Å². The predicted octanol–water partition coefficient (Wildman–Crippen LogP) is 3.81. The number of carbonyl (C=O) groups is 1. The molecule has 12 heteroatoms. The van der Waals surface area contributed by atoms with Crippen molar-refractivity contribution in [1.29, 1.82) is 0 Å². The maximum Gasteiger partial charge on any atom is 0.415 e. The van der Waals surface area contributed by atoms with Crippen LogP contribution >= 0.6 is 0 Å². The molecule has 0 atom stereocenters. The molecule has 0 bridgehead atoms. The summed E-state index contributed by atoms with van der Waals surface area (Å²) in [6.45, 7) is 0.481. The molecule has 9 nitrogen and oxygen atoms in total. The monoisotopic (exact) mass is 461 g/mol. The lowest BCUT2D eigenvalue weighted by molar-refractivity contribution is -0.385. The van der Waals surface area contributed by atoms with E-state index < -0.39 is 39.8 Å². The summed E-state index contributed by atoms with van der Waals surface area (Å²) in [6, 6.07) is 5.37. The van der Waals surface area contributed by atoms with Crippen molar-refractivity contribution in [3.05, 3.63) is 57.9 Å². The van der Waals surface area contributed by atoms with Crippen molar-refractivity contribution in [2.24, 2.45) is 5.10 Å². The molecule has 3 aliphatic rings. The molecule has 0 N–H and O–H groups in total.